The Morgan fingerprint density at radius 2 is 1.42 bits per heavy atom. The minimum Gasteiger partial charge on any atom is -0.394 e. The van der Waals surface area contributed by atoms with Crippen molar-refractivity contribution in [2.75, 3.05) is 50.8 Å². The number of sulfone groups is 1. The zero-order valence-corrected chi connectivity index (χ0v) is 29.0. The third kappa shape index (κ3) is 10.3. The maximum Gasteiger partial charge on any atom is 0.187 e. The van der Waals surface area contributed by atoms with Crippen molar-refractivity contribution >= 4 is 9.84 Å². The first-order valence-electron chi connectivity index (χ1n) is 17.3. The molecule has 17 atom stereocenters. The first kappa shape index (κ1) is 42.0. The van der Waals surface area contributed by atoms with Crippen molar-refractivity contribution in [2.24, 2.45) is 40.3 Å². The predicted molar refractivity (Wildman–Crippen MR) is 176 cm³/mol. The Hall–Kier alpha value is -0.770. The van der Waals surface area contributed by atoms with Crippen LogP contribution in [0.4, 0.5) is 0 Å². The van der Waals surface area contributed by atoms with Gasteiger partial charge in [-0.1, -0.05) is 0 Å². The number of hydrogen-bond donors (Lipinski definition) is 12. The average molecular weight is 746 g/mol. The van der Waals surface area contributed by atoms with E-state index < -0.39 is 120 Å². The number of hydrogen-bond acceptors (Lipinski definition) is 20. The molecule has 21 heteroatoms. The number of nitrogens with one attached hydrogen (secondary N) is 1. The van der Waals surface area contributed by atoms with Crippen LogP contribution >= 0.6 is 0 Å². The summed E-state index contributed by atoms with van der Waals surface area (Å²) in [5, 5.41) is 57.1. The van der Waals surface area contributed by atoms with E-state index in [9.17, 15) is 34.0 Å². The zero-order valence-electron chi connectivity index (χ0n) is 28.2. The third-order valence-corrected chi connectivity index (χ3v) is 11.6. The quantitative estimate of drug-likeness (QED) is 0.0615. The number of nitrogens with two attached hydrogens (primary N) is 6. The van der Waals surface area contributed by atoms with E-state index in [1.807, 2.05) is 0 Å². The van der Waals surface area contributed by atoms with Crippen molar-refractivity contribution in [1.82, 2.24) is 5.32 Å². The molecule has 3 aliphatic heterocycles. The molecule has 0 aromatic rings. The standard InChI is InChI=1S/C29H59N7O13S/c30-4-1-6-36-10-14-2-3-15(33)27(44-14)47-24-16(34)8-13(12-50(42,43)7-5-31)20(38)26(24)49-29-23(41)25(18(11-37)46-29)48-28-19(35)22(40)21(39)17(9-32)45-28/h13-29,36-41H,1-12,30-35H2/t13-,14-,15+,16-,17-,18+,19+,20-,21+,22+,23+,24+,25+,26+,27+,28+,29-/m0/s1. The molecule has 20 nitrogen and oxygen atoms in total. The highest BCUT2D eigenvalue weighted by Gasteiger charge is 2.54. The Bertz CT molecular complexity index is 1140. The van der Waals surface area contributed by atoms with Gasteiger partial charge in [-0.2, -0.15) is 0 Å². The van der Waals surface area contributed by atoms with Crippen LogP contribution in [0, 0.1) is 5.92 Å². The van der Waals surface area contributed by atoms with Crippen LogP contribution in [0.25, 0.3) is 0 Å². The van der Waals surface area contributed by atoms with Crippen LogP contribution in [0.2, 0.25) is 0 Å². The topological polar surface area (TPSA) is 359 Å². The molecule has 0 spiro atoms. The van der Waals surface area contributed by atoms with E-state index in [0.29, 0.717) is 32.5 Å². The van der Waals surface area contributed by atoms with Gasteiger partial charge in [0, 0.05) is 31.6 Å². The van der Waals surface area contributed by atoms with Gasteiger partial charge in [-0.3, -0.25) is 0 Å². The molecule has 18 N–H and O–H groups in total. The van der Waals surface area contributed by atoms with E-state index >= 15 is 0 Å². The highest BCUT2D eigenvalue weighted by Crippen LogP contribution is 2.36. The van der Waals surface area contributed by atoms with Crippen molar-refractivity contribution in [2.45, 2.75) is 124 Å². The maximum atomic E-state index is 12.8. The zero-order chi connectivity index (χ0) is 36.7. The third-order valence-electron chi connectivity index (χ3n) is 9.79. The first-order chi connectivity index (χ1) is 23.7. The molecule has 0 aromatic carbocycles. The normalized spacial score (nSPS) is 44.4. The van der Waals surface area contributed by atoms with Gasteiger partial charge in [-0.05, 0) is 38.8 Å². The Kier molecular flexibility index (Phi) is 16.0. The van der Waals surface area contributed by atoms with E-state index in [-0.39, 0.29) is 31.4 Å². The lowest BCUT2D eigenvalue weighted by atomic mass is 9.80. The summed E-state index contributed by atoms with van der Waals surface area (Å²) in [6.45, 7) is 0.832. The highest BCUT2D eigenvalue weighted by molar-refractivity contribution is 7.91. The molecule has 0 radical (unpaired) electrons. The number of aliphatic hydroxyl groups excluding tert-OH is 5. The second-order valence-electron chi connectivity index (χ2n) is 13.6. The molecule has 294 valence electrons. The molecular weight excluding hydrogens is 686 g/mol. The molecule has 4 aliphatic rings. The molecule has 4 fully saturated rings. The van der Waals surface area contributed by atoms with Gasteiger partial charge in [0.1, 0.15) is 48.8 Å². The molecule has 0 amide bonds. The van der Waals surface area contributed by atoms with E-state index in [2.05, 4.69) is 5.32 Å². The second-order valence-corrected chi connectivity index (χ2v) is 15.9. The van der Waals surface area contributed by atoms with Crippen LogP contribution in [0.1, 0.15) is 25.7 Å². The largest absolute Gasteiger partial charge is 0.394 e. The van der Waals surface area contributed by atoms with Crippen LogP contribution in [0.3, 0.4) is 0 Å². The number of rotatable bonds is 17. The Labute approximate surface area is 292 Å². The lowest BCUT2D eigenvalue weighted by Crippen LogP contribution is -2.64. The average Bonchev–Trinajstić information content (AvgIpc) is 3.37. The monoisotopic (exact) mass is 745 g/mol. The van der Waals surface area contributed by atoms with Crippen molar-refractivity contribution in [3.8, 4) is 0 Å². The SMILES string of the molecule is NCCCNC[C@@H]1CC[C@@H](N)[C@@H](O[C@H]2[C@H](O[C@@H]3O[C@H](CO)[C@@H](O[C@H]4O[C@@H](CN)[C@@H](O)[C@H](O)[C@H]4N)[C@H]3O)[C@@H](O)[C@H](CS(=O)(=O)CCN)C[C@@H]2N)O1. The smallest absolute Gasteiger partial charge is 0.187 e. The Morgan fingerprint density at radius 3 is 2.08 bits per heavy atom. The van der Waals surface area contributed by atoms with E-state index in [1.54, 1.807) is 0 Å². The first-order valence-corrected chi connectivity index (χ1v) is 19.1. The van der Waals surface area contributed by atoms with E-state index in [0.717, 1.165) is 6.42 Å². The molecule has 1 saturated carbocycles. The van der Waals surface area contributed by atoms with E-state index in [1.165, 1.54) is 0 Å². The summed E-state index contributed by atoms with van der Waals surface area (Å²) < 4.78 is 61.6. The summed E-state index contributed by atoms with van der Waals surface area (Å²) in [6, 6.07) is -2.70. The molecule has 0 aromatic heterocycles. The summed E-state index contributed by atoms with van der Waals surface area (Å²) in [5.41, 5.74) is 35.8. The lowest BCUT2D eigenvalue weighted by molar-refractivity contribution is -0.291. The second kappa shape index (κ2) is 19.0. The van der Waals surface area contributed by atoms with Gasteiger partial charge < -0.3 is 93.7 Å². The molecule has 1 aliphatic carbocycles. The van der Waals surface area contributed by atoms with Gasteiger partial charge in [-0.25, -0.2) is 8.42 Å². The van der Waals surface area contributed by atoms with Crippen molar-refractivity contribution < 1.29 is 62.4 Å². The van der Waals surface area contributed by atoms with Crippen LogP contribution in [-0.2, 0) is 38.3 Å². The summed E-state index contributed by atoms with van der Waals surface area (Å²) in [6.07, 6.45) is -14.1. The molecule has 3 saturated heterocycles. The molecular formula is C29H59N7O13S. The lowest BCUT2D eigenvalue weighted by Gasteiger charge is -2.46. The van der Waals surface area contributed by atoms with Crippen LogP contribution in [-0.4, -0.2) is 183 Å². The molecule has 4 rings (SSSR count). The fourth-order valence-electron chi connectivity index (χ4n) is 6.93. The van der Waals surface area contributed by atoms with Crippen LogP contribution < -0.4 is 39.7 Å². The molecule has 0 unspecified atom stereocenters. The molecule has 0 bridgehead atoms. The highest BCUT2D eigenvalue weighted by atomic mass is 32.2. The van der Waals surface area contributed by atoms with Crippen molar-refractivity contribution in [1.29, 1.82) is 0 Å². The van der Waals surface area contributed by atoms with Gasteiger partial charge in [0.15, 0.2) is 28.7 Å². The van der Waals surface area contributed by atoms with Crippen molar-refractivity contribution in [3.63, 3.8) is 0 Å². The summed E-state index contributed by atoms with van der Waals surface area (Å²) in [7, 11) is -3.68. The Morgan fingerprint density at radius 1 is 0.740 bits per heavy atom. The number of aliphatic hydroxyl groups is 5. The van der Waals surface area contributed by atoms with Gasteiger partial charge in [0.2, 0.25) is 0 Å². The van der Waals surface area contributed by atoms with Crippen molar-refractivity contribution in [3.05, 3.63) is 0 Å². The van der Waals surface area contributed by atoms with Gasteiger partial charge in [0.25, 0.3) is 0 Å². The fraction of sp³-hybridized carbons (Fsp3) is 1.00. The Balaban J connectivity index is 1.53. The maximum absolute atomic E-state index is 12.8. The van der Waals surface area contributed by atoms with Crippen LogP contribution in [0.5, 0.6) is 0 Å². The van der Waals surface area contributed by atoms with Gasteiger partial charge >= 0.3 is 0 Å². The molecule has 3 heterocycles. The summed E-state index contributed by atoms with van der Waals surface area (Å²) in [4.78, 5) is 0. The minimum atomic E-state index is -3.68. The summed E-state index contributed by atoms with van der Waals surface area (Å²) in [5.74, 6) is -1.64. The van der Waals surface area contributed by atoms with Gasteiger partial charge in [-0.15, -0.1) is 0 Å². The van der Waals surface area contributed by atoms with Crippen LogP contribution in [0.15, 0.2) is 0 Å². The summed E-state index contributed by atoms with van der Waals surface area (Å²) >= 11 is 0. The predicted octanol–water partition coefficient (Wildman–Crippen LogP) is -7.19. The number of ether oxygens (including phenoxy) is 6. The van der Waals surface area contributed by atoms with E-state index in [4.69, 9.17) is 62.8 Å². The molecule has 50 heavy (non-hydrogen) atoms. The fourth-order valence-corrected chi connectivity index (χ4v) is 8.45. The minimum absolute atomic E-state index is 0.0357. The van der Waals surface area contributed by atoms with Gasteiger partial charge in [0.05, 0.1) is 42.4 Å².